The van der Waals surface area contributed by atoms with Gasteiger partial charge in [0.1, 0.15) is 11.5 Å². The fourth-order valence-electron chi connectivity index (χ4n) is 3.28. The molecule has 0 fully saturated rings. The molecule has 0 aliphatic carbocycles. The Morgan fingerprint density at radius 1 is 1.27 bits per heavy atom. The van der Waals surface area contributed by atoms with Gasteiger partial charge in [-0.05, 0) is 25.1 Å². The minimum Gasteiger partial charge on any atom is -0.453 e. The van der Waals surface area contributed by atoms with E-state index in [9.17, 15) is 13.2 Å². The molecule has 0 aliphatic heterocycles. The Morgan fingerprint density at radius 2 is 1.97 bits per heavy atom. The second-order valence-corrected chi connectivity index (χ2v) is 11.6. The lowest BCUT2D eigenvalue weighted by atomic mass is 9.96. The van der Waals surface area contributed by atoms with Crippen LogP contribution in [0.2, 0.25) is 5.02 Å². The Morgan fingerprint density at radius 3 is 2.59 bits per heavy atom. The molecule has 11 nitrogen and oxygen atoms in total. The first-order chi connectivity index (χ1) is 17.2. The summed E-state index contributed by atoms with van der Waals surface area (Å²) in [6, 6.07) is 3.91. The number of nitrogens with zero attached hydrogens (tertiary/aromatic N) is 3. The smallest absolute Gasteiger partial charge is 0.407 e. The average molecular weight is 554 g/mol. The lowest BCUT2D eigenvalue weighted by Crippen LogP contribution is -2.37. The van der Waals surface area contributed by atoms with Crippen LogP contribution in [0.4, 0.5) is 20.8 Å². The molecule has 14 heteroatoms. The molecule has 2 aromatic heterocycles. The summed E-state index contributed by atoms with van der Waals surface area (Å²) >= 11 is 6.22. The molecule has 37 heavy (non-hydrogen) atoms. The molecule has 200 valence electrons. The standard InChI is InChI=1S/C23H29ClFN7O4S/c1-12(28-22(33)36-5)11-27-21-26-8-7-15(29-21)19-18(30-20(31-19)23(2,3)4)14-9-13(24)10-16(17(14)25)32-37(6,34)35/h7-10,12,32H,11H2,1-6H3,(H,28,33)(H,30,31)(H,26,27,29)/t12-/m0/s1. The number of hydrogen-bond donors (Lipinski definition) is 4. The zero-order valence-corrected chi connectivity index (χ0v) is 22.8. The SMILES string of the molecule is COC(=O)N[C@@H](C)CNc1nccc(-c2[nH]c(C(C)(C)C)nc2-c2cc(Cl)cc(NS(C)(=O)=O)c2F)n1. The van der Waals surface area contributed by atoms with Crippen LogP contribution >= 0.6 is 11.6 Å². The summed E-state index contributed by atoms with van der Waals surface area (Å²) in [5.74, 6) is -0.0171. The van der Waals surface area contributed by atoms with E-state index in [0.717, 1.165) is 6.26 Å². The van der Waals surface area contributed by atoms with Crippen molar-refractivity contribution in [3.05, 3.63) is 41.1 Å². The number of benzene rings is 1. The van der Waals surface area contributed by atoms with Crippen LogP contribution in [-0.4, -0.2) is 60.4 Å². The predicted molar refractivity (Wildman–Crippen MR) is 141 cm³/mol. The van der Waals surface area contributed by atoms with Crippen LogP contribution in [0.3, 0.4) is 0 Å². The van der Waals surface area contributed by atoms with Crippen molar-refractivity contribution in [2.75, 3.05) is 29.9 Å². The van der Waals surface area contributed by atoms with Crippen molar-refractivity contribution in [1.29, 1.82) is 0 Å². The quantitative estimate of drug-likeness (QED) is 0.325. The maximum Gasteiger partial charge on any atom is 0.407 e. The number of aromatic nitrogens is 4. The molecule has 4 N–H and O–H groups in total. The summed E-state index contributed by atoms with van der Waals surface area (Å²) in [6.45, 7) is 7.90. The van der Waals surface area contributed by atoms with Gasteiger partial charge in [-0.2, -0.15) is 0 Å². The summed E-state index contributed by atoms with van der Waals surface area (Å²) in [5, 5.41) is 5.78. The molecule has 3 aromatic rings. The van der Waals surface area contributed by atoms with Gasteiger partial charge in [-0.3, -0.25) is 4.72 Å². The Bertz CT molecular complexity index is 1410. The van der Waals surface area contributed by atoms with E-state index < -0.39 is 27.3 Å². The highest BCUT2D eigenvalue weighted by Crippen LogP contribution is 2.37. The molecule has 0 spiro atoms. The summed E-state index contributed by atoms with van der Waals surface area (Å²) in [4.78, 5) is 28.0. The molecule has 0 aliphatic rings. The van der Waals surface area contributed by atoms with Crippen LogP contribution in [0.1, 0.15) is 33.5 Å². The van der Waals surface area contributed by atoms with Crippen LogP contribution < -0.4 is 15.4 Å². The monoisotopic (exact) mass is 553 g/mol. The number of alkyl carbamates (subject to hydrolysis) is 1. The number of sulfonamides is 1. The van der Waals surface area contributed by atoms with Crippen LogP contribution in [0.15, 0.2) is 24.4 Å². The summed E-state index contributed by atoms with van der Waals surface area (Å²) in [5.41, 5.74) is 0.257. The molecule has 0 saturated carbocycles. The molecule has 0 saturated heterocycles. The number of methoxy groups -OCH3 is 1. The van der Waals surface area contributed by atoms with Crippen LogP contribution in [-0.2, 0) is 20.2 Å². The first-order valence-electron chi connectivity index (χ1n) is 11.2. The van der Waals surface area contributed by atoms with E-state index in [2.05, 4.69) is 40.0 Å². The van der Waals surface area contributed by atoms with Gasteiger partial charge in [-0.25, -0.2) is 32.6 Å². The predicted octanol–water partition coefficient (Wildman–Crippen LogP) is 4.15. The number of imidazole rings is 1. The van der Waals surface area contributed by atoms with Crippen LogP contribution in [0.25, 0.3) is 22.6 Å². The van der Waals surface area contributed by atoms with Crippen molar-refractivity contribution in [2.45, 2.75) is 39.2 Å². The fraction of sp³-hybridized carbons (Fsp3) is 0.391. The van der Waals surface area contributed by atoms with E-state index in [1.54, 1.807) is 13.0 Å². The third kappa shape index (κ3) is 7.29. The maximum absolute atomic E-state index is 15.6. The van der Waals surface area contributed by atoms with Gasteiger partial charge in [0, 0.05) is 34.8 Å². The van der Waals surface area contributed by atoms with Gasteiger partial charge < -0.3 is 20.4 Å². The number of carbonyl (C=O) groups excluding carboxylic acids is 1. The second-order valence-electron chi connectivity index (χ2n) is 9.43. The van der Waals surface area contributed by atoms with Gasteiger partial charge in [0.05, 0.1) is 30.4 Å². The number of hydrogen-bond acceptors (Lipinski definition) is 8. The summed E-state index contributed by atoms with van der Waals surface area (Å²) < 4.78 is 45.8. The van der Waals surface area contributed by atoms with Gasteiger partial charge in [-0.15, -0.1) is 0 Å². The molecule has 2 heterocycles. The largest absolute Gasteiger partial charge is 0.453 e. The van der Waals surface area contributed by atoms with Crippen molar-refractivity contribution in [1.82, 2.24) is 25.3 Å². The van der Waals surface area contributed by atoms with Crippen molar-refractivity contribution < 1.29 is 22.3 Å². The van der Waals surface area contributed by atoms with E-state index in [1.165, 1.54) is 25.4 Å². The lowest BCUT2D eigenvalue weighted by molar-refractivity contribution is 0.168. The molecule has 1 amide bonds. The van der Waals surface area contributed by atoms with Gasteiger partial charge in [0.2, 0.25) is 16.0 Å². The van der Waals surface area contributed by atoms with Crippen molar-refractivity contribution in [3.8, 4) is 22.6 Å². The molecule has 0 bridgehead atoms. The normalized spacial score (nSPS) is 12.6. The lowest BCUT2D eigenvalue weighted by Gasteiger charge is -2.14. The Kier molecular flexibility index (Phi) is 8.28. The van der Waals surface area contributed by atoms with E-state index in [0.29, 0.717) is 23.8 Å². The first kappa shape index (κ1) is 28.1. The summed E-state index contributed by atoms with van der Waals surface area (Å²) in [6.07, 6.45) is 1.88. The molecule has 0 unspecified atom stereocenters. The Hall–Kier alpha value is -3.45. The molecule has 0 radical (unpaired) electrons. The minimum absolute atomic E-state index is 0.00979. The molecule has 3 rings (SSSR count). The zero-order chi connectivity index (χ0) is 27.5. The second kappa shape index (κ2) is 10.9. The number of halogens is 2. The zero-order valence-electron chi connectivity index (χ0n) is 21.2. The minimum atomic E-state index is -3.76. The Balaban J connectivity index is 2.07. The Labute approximate surface area is 219 Å². The van der Waals surface area contributed by atoms with E-state index >= 15 is 4.39 Å². The molecule has 1 aromatic carbocycles. The highest BCUT2D eigenvalue weighted by atomic mass is 35.5. The van der Waals surface area contributed by atoms with Gasteiger partial charge in [-0.1, -0.05) is 32.4 Å². The highest BCUT2D eigenvalue weighted by molar-refractivity contribution is 7.92. The van der Waals surface area contributed by atoms with Gasteiger partial charge >= 0.3 is 6.09 Å². The topological polar surface area (TPSA) is 151 Å². The highest BCUT2D eigenvalue weighted by Gasteiger charge is 2.26. The number of ether oxygens (including phenoxy) is 1. The number of rotatable bonds is 8. The first-order valence-corrected chi connectivity index (χ1v) is 13.4. The number of nitrogens with one attached hydrogen (secondary N) is 4. The number of anilines is 2. The maximum atomic E-state index is 15.6. The number of H-pyrrole nitrogens is 1. The third-order valence-corrected chi connectivity index (χ3v) is 5.84. The van der Waals surface area contributed by atoms with E-state index in [-0.39, 0.29) is 34.0 Å². The number of aromatic amines is 1. The molecule has 1 atom stereocenters. The molecular formula is C23H29ClFN7O4S. The third-order valence-electron chi connectivity index (χ3n) is 5.03. The van der Waals surface area contributed by atoms with E-state index in [1.807, 2.05) is 20.8 Å². The van der Waals surface area contributed by atoms with Crippen molar-refractivity contribution >= 4 is 39.4 Å². The van der Waals surface area contributed by atoms with Gasteiger partial charge in [0.15, 0.2) is 5.82 Å². The van der Waals surface area contributed by atoms with Crippen molar-refractivity contribution in [2.24, 2.45) is 0 Å². The van der Waals surface area contributed by atoms with Gasteiger partial charge in [0.25, 0.3) is 0 Å². The fourth-order valence-corrected chi connectivity index (χ4v) is 4.05. The van der Waals surface area contributed by atoms with Crippen LogP contribution in [0.5, 0.6) is 0 Å². The van der Waals surface area contributed by atoms with Crippen LogP contribution in [0, 0.1) is 5.82 Å². The number of carbonyl (C=O) groups is 1. The summed E-state index contributed by atoms with van der Waals surface area (Å²) in [7, 11) is -2.49. The molecular weight excluding hydrogens is 525 g/mol. The van der Waals surface area contributed by atoms with Crippen molar-refractivity contribution in [3.63, 3.8) is 0 Å². The average Bonchev–Trinajstić information content (AvgIpc) is 3.25. The van der Waals surface area contributed by atoms with E-state index in [4.69, 9.17) is 11.6 Å². The number of amides is 1.